The fourth-order valence-corrected chi connectivity index (χ4v) is 3.75. The summed E-state index contributed by atoms with van der Waals surface area (Å²) in [6.07, 6.45) is 1.51. The Balaban J connectivity index is 1.62. The van der Waals surface area contributed by atoms with Crippen molar-refractivity contribution in [2.75, 3.05) is 31.1 Å². The van der Waals surface area contributed by atoms with Crippen LogP contribution in [0.25, 0.3) is 10.9 Å². The second kappa shape index (κ2) is 7.47. The molecule has 29 heavy (non-hydrogen) atoms. The molecule has 0 saturated carbocycles. The number of carbonyl (C=O) groups excluding carboxylic acids is 1. The molecule has 0 spiro atoms. The van der Waals surface area contributed by atoms with Gasteiger partial charge in [-0.3, -0.25) is 9.78 Å². The van der Waals surface area contributed by atoms with Crippen molar-refractivity contribution in [2.45, 2.75) is 6.92 Å². The van der Waals surface area contributed by atoms with Gasteiger partial charge in [0, 0.05) is 43.3 Å². The number of halogens is 2. The van der Waals surface area contributed by atoms with Gasteiger partial charge in [0.25, 0.3) is 5.91 Å². The molecule has 2 heterocycles. The number of carbonyl (C=O) groups is 1. The highest BCUT2D eigenvalue weighted by Crippen LogP contribution is 2.32. The molecule has 0 unspecified atom stereocenters. The lowest BCUT2D eigenvalue weighted by Gasteiger charge is -2.37. The Morgan fingerprint density at radius 3 is 2.41 bits per heavy atom. The van der Waals surface area contributed by atoms with Crippen LogP contribution in [0.4, 0.5) is 14.5 Å². The zero-order valence-corrected chi connectivity index (χ0v) is 15.8. The molecule has 7 heteroatoms. The number of benzene rings is 2. The van der Waals surface area contributed by atoms with Crippen LogP contribution >= 0.6 is 0 Å². The first-order valence-corrected chi connectivity index (χ1v) is 9.26. The van der Waals surface area contributed by atoms with E-state index in [9.17, 15) is 18.8 Å². The van der Waals surface area contributed by atoms with Crippen LogP contribution in [0.2, 0.25) is 0 Å². The summed E-state index contributed by atoms with van der Waals surface area (Å²) in [5.74, 6) is -0.924. The number of fused-ring (bicyclic) bond motifs is 1. The molecular formula is C22H18F2N4O. The van der Waals surface area contributed by atoms with Crippen LogP contribution in [0.15, 0.2) is 42.6 Å². The maximum absolute atomic E-state index is 14.1. The minimum atomic E-state index is -0.387. The van der Waals surface area contributed by atoms with Crippen LogP contribution in [-0.2, 0) is 0 Å². The van der Waals surface area contributed by atoms with E-state index in [0.717, 1.165) is 0 Å². The highest BCUT2D eigenvalue weighted by Gasteiger charge is 2.25. The number of aryl methyl sites for hydroxylation is 1. The van der Waals surface area contributed by atoms with Crippen molar-refractivity contribution in [3.05, 3.63) is 70.9 Å². The van der Waals surface area contributed by atoms with Gasteiger partial charge in [0.2, 0.25) is 0 Å². The standard InChI is InChI=1S/C22H18F2N4O/c1-14-10-18(24)11-19-20(14)26-13-16(12-25)21(19)27-6-8-28(9-7-27)22(29)15-2-4-17(23)5-3-15/h2-5,10-11,13H,6-9H2,1H3. The Labute approximate surface area is 166 Å². The van der Waals surface area contributed by atoms with Crippen molar-refractivity contribution in [2.24, 2.45) is 0 Å². The average Bonchev–Trinajstić information content (AvgIpc) is 2.73. The van der Waals surface area contributed by atoms with Crippen LogP contribution in [0.1, 0.15) is 21.5 Å². The number of pyridine rings is 1. The summed E-state index contributed by atoms with van der Waals surface area (Å²) in [6.45, 7) is 3.67. The second-order valence-corrected chi connectivity index (χ2v) is 7.04. The zero-order valence-electron chi connectivity index (χ0n) is 15.8. The van der Waals surface area contributed by atoms with Crippen molar-refractivity contribution >= 4 is 22.5 Å². The molecule has 0 radical (unpaired) electrons. The Kier molecular flexibility index (Phi) is 4.85. The van der Waals surface area contributed by atoms with Crippen LogP contribution < -0.4 is 4.90 Å². The summed E-state index contributed by atoms with van der Waals surface area (Å²) in [4.78, 5) is 20.7. The fourth-order valence-electron chi connectivity index (χ4n) is 3.75. The molecule has 3 aromatic rings. The van der Waals surface area contributed by atoms with E-state index >= 15 is 0 Å². The molecule has 1 amide bonds. The van der Waals surface area contributed by atoms with Gasteiger partial charge in [0.15, 0.2) is 0 Å². The predicted molar refractivity (Wildman–Crippen MR) is 106 cm³/mol. The molecule has 1 saturated heterocycles. The van der Waals surface area contributed by atoms with Crippen LogP contribution in [0.5, 0.6) is 0 Å². The van der Waals surface area contributed by atoms with Gasteiger partial charge in [0.05, 0.1) is 16.8 Å². The Morgan fingerprint density at radius 2 is 1.76 bits per heavy atom. The fraction of sp³-hybridized carbons (Fsp3) is 0.227. The van der Waals surface area contributed by atoms with Gasteiger partial charge in [-0.05, 0) is 48.9 Å². The Hall–Kier alpha value is -3.53. The topological polar surface area (TPSA) is 60.2 Å². The molecule has 0 bridgehead atoms. The first-order chi connectivity index (χ1) is 14.0. The number of anilines is 1. The van der Waals surface area contributed by atoms with Crippen molar-refractivity contribution in [3.8, 4) is 6.07 Å². The number of aromatic nitrogens is 1. The lowest BCUT2D eigenvalue weighted by molar-refractivity contribution is 0.0747. The van der Waals surface area contributed by atoms with E-state index in [4.69, 9.17) is 0 Å². The van der Waals surface area contributed by atoms with E-state index in [-0.39, 0.29) is 17.5 Å². The third kappa shape index (κ3) is 3.49. The third-order valence-corrected chi connectivity index (χ3v) is 5.19. The molecule has 1 aromatic heterocycles. The Morgan fingerprint density at radius 1 is 1.07 bits per heavy atom. The van der Waals surface area contributed by atoms with Gasteiger partial charge in [-0.15, -0.1) is 0 Å². The van der Waals surface area contributed by atoms with Crippen molar-refractivity contribution < 1.29 is 13.6 Å². The van der Waals surface area contributed by atoms with Gasteiger partial charge in [-0.1, -0.05) is 0 Å². The number of piperazine rings is 1. The van der Waals surface area contributed by atoms with E-state index in [1.54, 1.807) is 11.8 Å². The Bertz CT molecular complexity index is 1130. The minimum Gasteiger partial charge on any atom is -0.366 e. The van der Waals surface area contributed by atoms with Gasteiger partial charge >= 0.3 is 0 Å². The SMILES string of the molecule is Cc1cc(F)cc2c(N3CCN(C(=O)c4ccc(F)cc4)CC3)c(C#N)cnc12. The molecular weight excluding hydrogens is 374 g/mol. The molecule has 146 valence electrons. The third-order valence-electron chi connectivity index (χ3n) is 5.19. The monoisotopic (exact) mass is 392 g/mol. The molecule has 2 aromatic carbocycles. The lowest BCUT2D eigenvalue weighted by atomic mass is 10.0. The first kappa shape index (κ1) is 18.8. The molecule has 0 N–H and O–H groups in total. The molecule has 5 nitrogen and oxygen atoms in total. The maximum Gasteiger partial charge on any atom is 0.253 e. The summed E-state index contributed by atoms with van der Waals surface area (Å²) in [6, 6.07) is 10.4. The first-order valence-electron chi connectivity index (χ1n) is 9.26. The molecule has 4 rings (SSSR count). The van der Waals surface area contributed by atoms with Crippen LogP contribution in [0, 0.1) is 29.9 Å². The van der Waals surface area contributed by atoms with Gasteiger partial charge < -0.3 is 9.80 Å². The van der Waals surface area contributed by atoms with E-state index in [0.29, 0.717) is 59.5 Å². The lowest BCUT2D eigenvalue weighted by Crippen LogP contribution is -2.49. The number of amides is 1. The molecule has 1 aliphatic rings. The van der Waals surface area contributed by atoms with E-state index in [1.165, 1.54) is 42.6 Å². The number of hydrogen-bond acceptors (Lipinski definition) is 4. The smallest absolute Gasteiger partial charge is 0.253 e. The maximum atomic E-state index is 14.1. The second-order valence-electron chi connectivity index (χ2n) is 7.04. The van der Waals surface area contributed by atoms with E-state index < -0.39 is 0 Å². The predicted octanol–water partition coefficient (Wildman–Crippen LogP) is 3.66. The quantitative estimate of drug-likeness (QED) is 0.668. The normalized spacial score (nSPS) is 14.1. The average molecular weight is 392 g/mol. The van der Waals surface area contributed by atoms with Gasteiger partial charge in [0.1, 0.15) is 17.7 Å². The summed E-state index contributed by atoms with van der Waals surface area (Å²) in [7, 11) is 0. The zero-order chi connectivity index (χ0) is 20.5. The van der Waals surface area contributed by atoms with Crippen molar-refractivity contribution in [3.63, 3.8) is 0 Å². The molecule has 1 fully saturated rings. The van der Waals surface area contributed by atoms with E-state index in [1.807, 2.05) is 4.90 Å². The summed E-state index contributed by atoms with van der Waals surface area (Å²) < 4.78 is 27.2. The summed E-state index contributed by atoms with van der Waals surface area (Å²) >= 11 is 0. The van der Waals surface area contributed by atoms with Crippen LogP contribution in [0.3, 0.4) is 0 Å². The summed E-state index contributed by atoms with van der Waals surface area (Å²) in [5, 5.41) is 10.1. The highest BCUT2D eigenvalue weighted by atomic mass is 19.1. The van der Waals surface area contributed by atoms with Crippen molar-refractivity contribution in [1.82, 2.24) is 9.88 Å². The number of nitriles is 1. The van der Waals surface area contributed by atoms with Gasteiger partial charge in [-0.25, -0.2) is 8.78 Å². The van der Waals surface area contributed by atoms with Crippen LogP contribution in [-0.4, -0.2) is 42.0 Å². The molecule has 0 atom stereocenters. The van der Waals surface area contributed by atoms with E-state index in [2.05, 4.69) is 11.1 Å². The largest absolute Gasteiger partial charge is 0.366 e. The number of rotatable bonds is 2. The number of nitrogens with zero attached hydrogens (tertiary/aromatic N) is 4. The van der Waals surface area contributed by atoms with Crippen molar-refractivity contribution in [1.29, 1.82) is 5.26 Å². The number of hydrogen-bond donors (Lipinski definition) is 0. The minimum absolute atomic E-state index is 0.161. The van der Waals surface area contributed by atoms with Gasteiger partial charge in [-0.2, -0.15) is 5.26 Å². The highest BCUT2D eigenvalue weighted by molar-refractivity contribution is 5.97. The summed E-state index contributed by atoms with van der Waals surface area (Å²) in [5.41, 5.74) is 2.82. The molecule has 0 aliphatic carbocycles. The molecule has 1 aliphatic heterocycles.